The number of benzene rings is 2. The second kappa shape index (κ2) is 9.08. The lowest BCUT2D eigenvalue weighted by atomic mass is 10.1. The van der Waals surface area contributed by atoms with Gasteiger partial charge in [-0.15, -0.1) is 0 Å². The van der Waals surface area contributed by atoms with Gasteiger partial charge in [-0.2, -0.15) is 0 Å². The van der Waals surface area contributed by atoms with Gasteiger partial charge in [0.25, 0.3) is 5.91 Å². The van der Waals surface area contributed by atoms with Gasteiger partial charge >= 0.3 is 5.97 Å². The standard InChI is InChI=1S/C20H19NO5/c1-3-11-26-17-10-9-14(13-18(17)25-2)12-16(20(23)24)21-19(22)15-7-5-4-6-8-15/h3-10,12-13H,1,11H2,2H3,(H,21,22)(H,23,24). The molecule has 0 saturated carbocycles. The van der Waals surface area contributed by atoms with Gasteiger partial charge in [0.05, 0.1) is 7.11 Å². The predicted octanol–water partition coefficient (Wildman–Crippen LogP) is 3.12. The summed E-state index contributed by atoms with van der Waals surface area (Å²) in [6.07, 6.45) is 2.96. The van der Waals surface area contributed by atoms with Crippen LogP contribution in [0.4, 0.5) is 0 Å². The summed E-state index contributed by atoms with van der Waals surface area (Å²) in [7, 11) is 1.49. The Morgan fingerprint density at radius 3 is 2.50 bits per heavy atom. The monoisotopic (exact) mass is 353 g/mol. The molecule has 2 aromatic carbocycles. The summed E-state index contributed by atoms with van der Waals surface area (Å²) in [4.78, 5) is 23.7. The number of nitrogens with one attached hydrogen (secondary N) is 1. The van der Waals surface area contributed by atoms with Gasteiger partial charge < -0.3 is 19.9 Å². The Labute approximate surface area is 151 Å². The minimum absolute atomic E-state index is 0.249. The topological polar surface area (TPSA) is 84.9 Å². The molecule has 0 aliphatic carbocycles. The average molecular weight is 353 g/mol. The molecule has 0 atom stereocenters. The minimum Gasteiger partial charge on any atom is -0.493 e. The first-order chi connectivity index (χ1) is 12.5. The zero-order valence-electron chi connectivity index (χ0n) is 14.3. The maximum atomic E-state index is 12.2. The highest BCUT2D eigenvalue weighted by molar-refractivity contribution is 6.02. The summed E-state index contributed by atoms with van der Waals surface area (Å²) < 4.78 is 10.7. The third-order valence-electron chi connectivity index (χ3n) is 3.37. The van der Waals surface area contributed by atoms with Crippen molar-refractivity contribution in [1.82, 2.24) is 5.32 Å². The quantitative estimate of drug-likeness (QED) is 0.563. The number of carbonyl (C=O) groups excluding carboxylic acids is 1. The summed E-state index contributed by atoms with van der Waals surface area (Å²) in [5.41, 5.74) is 0.657. The van der Waals surface area contributed by atoms with E-state index in [2.05, 4.69) is 11.9 Å². The van der Waals surface area contributed by atoms with Crippen LogP contribution in [0.5, 0.6) is 11.5 Å². The van der Waals surface area contributed by atoms with Crippen molar-refractivity contribution in [3.05, 3.63) is 78.0 Å². The normalized spacial score (nSPS) is 10.7. The first kappa shape index (κ1) is 18.8. The van der Waals surface area contributed by atoms with Gasteiger partial charge in [0.15, 0.2) is 11.5 Å². The number of methoxy groups -OCH3 is 1. The summed E-state index contributed by atoms with van der Waals surface area (Å²) in [5.74, 6) is -0.799. The summed E-state index contributed by atoms with van der Waals surface area (Å²) in [6, 6.07) is 13.3. The van der Waals surface area contributed by atoms with Crippen LogP contribution in [-0.4, -0.2) is 30.7 Å². The predicted molar refractivity (Wildman–Crippen MR) is 98.2 cm³/mol. The van der Waals surface area contributed by atoms with Crippen LogP contribution in [-0.2, 0) is 4.79 Å². The Morgan fingerprint density at radius 2 is 1.88 bits per heavy atom. The van der Waals surface area contributed by atoms with E-state index in [9.17, 15) is 14.7 Å². The Balaban J connectivity index is 2.26. The second-order valence-corrected chi connectivity index (χ2v) is 5.19. The Hall–Kier alpha value is -3.54. The van der Waals surface area contributed by atoms with E-state index in [1.807, 2.05) is 0 Å². The van der Waals surface area contributed by atoms with Crippen LogP contribution in [0.3, 0.4) is 0 Å². The number of rotatable bonds is 8. The van der Waals surface area contributed by atoms with Gasteiger partial charge in [0, 0.05) is 5.56 Å². The number of carboxylic acid groups (broad SMARTS) is 1. The number of carbonyl (C=O) groups is 2. The van der Waals surface area contributed by atoms with Crippen molar-refractivity contribution in [2.45, 2.75) is 0 Å². The average Bonchev–Trinajstić information content (AvgIpc) is 2.66. The molecule has 2 aromatic rings. The third-order valence-corrected chi connectivity index (χ3v) is 3.37. The first-order valence-electron chi connectivity index (χ1n) is 7.78. The lowest BCUT2D eigenvalue weighted by Crippen LogP contribution is -2.27. The van der Waals surface area contributed by atoms with E-state index < -0.39 is 11.9 Å². The Kier molecular flexibility index (Phi) is 6.56. The van der Waals surface area contributed by atoms with E-state index in [0.29, 0.717) is 29.2 Å². The molecule has 0 radical (unpaired) electrons. The lowest BCUT2D eigenvalue weighted by molar-refractivity contribution is -0.132. The van der Waals surface area contributed by atoms with Gasteiger partial charge in [-0.05, 0) is 35.9 Å². The maximum Gasteiger partial charge on any atom is 0.352 e. The number of ether oxygens (including phenoxy) is 2. The van der Waals surface area contributed by atoms with Crippen molar-refractivity contribution in [2.75, 3.05) is 13.7 Å². The smallest absolute Gasteiger partial charge is 0.352 e. The molecule has 0 spiro atoms. The maximum absolute atomic E-state index is 12.2. The van der Waals surface area contributed by atoms with Gasteiger partial charge in [0.2, 0.25) is 0 Å². The molecular weight excluding hydrogens is 334 g/mol. The highest BCUT2D eigenvalue weighted by atomic mass is 16.5. The van der Waals surface area contributed by atoms with Crippen LogP contribution < -0.4 is 14.8 Å². The van der Waals surface area contributed by atoms with Gasteiger partial charge in [-0.25, -0.2) is 4.79 Å². The van der Waals surface area contributed by atoms with Crippen molar-refractivity contribution in [3.8, 4) is 11.5 Å². The second-order valence-electron chi connectivity index (χ2n) is 5.19. The fourth-order valence-corrected chi connectivity index (χ4v) is 2.14. The molecule has 134 valence electrons. The molecule has 1 amide bonds. The van der Waals surface area contributed by atoms with Crippen molar-refractivity contribution in [2.24, 2.45) is 0 Å². The van der Waals surface area contributed by atoms with Crippen LogP contribution in [0.1, 0.15) is 15.9 Å². The number of aliphatic carboxylic acids is 1. The number of hydrogen-bond donors (Lipinski definition) is 2. The summed E-state index contributed by atoms with van der Waals surface area (Å²) in [5, 5.41) is 11.8. The molecule has 0 aliphatic heterocycles. The molecule has 0 saturated heterocycles. The lowest BCUT2D eigenvalue weighted by Gasteiger charge is -2.11. The van der Waals surface area contributed by atoms with Gasteiger partial charge in [0.1, 0.15) is 12.3 Å². The molecular formula is C20H19NO5. The Morgan fingerprint density at radius 1 is 1.15 bits per heavy atom. The molecule has 0 fully saturated rings. The van der Waals surface area contributed by atoms with Crippen LogP contribution in [0.25, 0.3) is 6.08 Å². The number of hydrogen-bond acceptors (Lipinski definition) is 4. The summed E-state index contributed by atoms with van der Waals surface area (Å²) >= 11 is 0. The van der Waals surface area contributed by atoms with Crippen LogP contribution in [0.15, 0.2) is 66.9 Å². The van der Waals surface area contributed by atoms with Crippen molar-refractivity contribution >= 4 is 18.0 Å². The zero-order chi connectivity index (χ0) is 18.9. The molecule has 0 heterocycles. The molecule has 0 unspecified atom stereocenters. The molecule has 0 aromatic heterocycles. The largest absolute Gasteiger partial charge is 0.493 e. The molecule has 26 heavy (non-hydrogen) atoms. The number of carboxylic acids is 1. The Bertz CT molecular complexity index is 827. The fraction of sp³-hybridized carbons (Fsp3) is 0.100. The highest BCUT2D eigenvalue weighted by Crippen LogP contribution is 2.28. The fourth-order valence-electron chi connectivity index (χ4n) is 2.14. The molecule has 0 bridgehead atoms. The number of amides is 1. The van der Waals surface area contributed by atoms with E-state index in [1.165, 1.54) is 13.2 Å². The molecule has 0 aliphatic rings. The zero-order valence-corrected chi connectivity index (χ0v) is 14.3. The van der Waals surface area contributed by atoms with E-state index in [1.54, 1.807) is 54.6 Å². The van der Waals surface area contributed by atoms with Gasteiger partial charge in [-0.1, -0.05) is 36.9 Å². The van der Waals surface area contributed by atoms with Crippen molar-refractivity contribution in [3.63, 3.8) is 0 Å². The van der Waals surface area contributed by atoms with Crippen LogP contribution >= 0.6 is 0 Å². The van der Waals surface area contributed by atoms with E-state index >= 15 is 0 Å². The van der Waals surface area contributed by atoms with Crippen LogP contribution in [0, 0.1) is 0 Å². The molecule has 2 N–H and O–H groups in total. The SMILES string of the molecule is C=CCOc1ccc(C=C(NC(=O)c2ccccc2)C(=O)O)cc1OC. The first-order valence-corrected chi connectivity index (χ1v) is 7.78. The minimum atomic E-state index is -1.25. The summed E-state index contributed by atoms with van der Waals surface area (Å²) in [6.45, 7) is 3.90. The van der Waals surface area contributed by atoms with Crippen LogP contribution in [0.2, 0.25) is 0 Å². The highest BCUT2D eigenvalue weighted by Gasteiger charge is 2.14. The van der Waals surface area contributed by atoms with Crippen molar-refractivity contribution in [1.29, 1.82) is 0 Å². The van der Waals surface area contributed by atoms with Gasteiger partial charge in [-0.3, -0.25) is 4.79 Å². The van der Waals surface area contributed by atoms with E-state index in [0.717, 1.165) is 0 Å². The third kappa shape index (κ3) is 4.98. The molecule has 6 heteroatoms. The van der Waals surface area contributed by atoms with E-state index in [4.69, 9.17) is 9.47 Å². The van der Waals surface area contributed by atoms with Crippen molar-refractivity contribution < 1.29 is 24.2 Å². The molecule has 2 rings (SSSR count). The van der Waals surface area contributed by atoms with E-state index in [-0.39, 0.29) is 5.70 Å². The molecule has 6 nitrogen and oxygen atoms in total.